The molecule has 0 bridgehead atoms. The van der Waals surface area contributed by atoms with Crippen LogP contribution in [0.15, 0.2) is 36.1 Å². The second kappa shape index (κ2) is 6.36. The highest BCUT2D eigenvalue weighted by atomic mass is 32.1. The largest absolute Gasteiger partial charge is 0.347 e. The van der Waals surface area contributed by atoms with Gasteiger partial charge in [0.05, 0.1) is 11.1 Å². The number of rotatable bonds is 3. The predicted molar refractivity (Wildman–Crippen MR) is 94.9 cm³/mol. The third kappa shape index (κ3) is 2.93. The average molecular weight is 357 g/mol. The van der Waals surface area contributed by atoms with Crippen LogP contribution in [0, 0.1) is 0 Å². The molecule has 1 N–H and O–H groups in total. The van der Waals surface area contributed by atoms with Gasteiger partial charge in [0.2, 0.25) is 0 Å². The molecular formula is C17H19N5O2S. The lowest BCUT2D eigenvalue weighted by atomic mass is 10.0. The van der Waals surface area contributed by atoms with E-state index in [9.17, 15) is 9.59 Å². The number of nitrogens with one attached hydrogen (secondary N) is 1. The van der Waals surface area contributed by atoms with Crippen molar-refractivity contribution in [2.24, 2.45) is 7.05 Å². The highest BCUT2D eigenvalue weighted by Gasteiger charge is 2.27. The minimum absolute atomic E-state index is 0.0413. The van der Waals surface area contributed by atoms with Crippen LogP contribution in [0.4, 0.5) is 0 Å². The smallest absolute Gasteiger partial charge is 0.263 e. The molecule has 1 unspecified atom stereocenters. The molecule has 1 saturated heterocycles. The van der Waals surface area contributed by atoms with Gasteiger partial charge in [-0.2, -0.15) is 5.10 Å². The van der Waals surface area contributed by atoms with E-state index >= 15 is 0 Å². The van der Waals surface area contributed by atoms with Gasteiger partial charge in [-0.15, -0.1) is 11.3 Å². The molecule has 0 aromatic carbocycles. The van der Waals surface area contributed by atoms with Crippen molar-refractivity contribution >= 4 is 28.8 Å². The van der Waals surface area contributed by atoms with Gasteiger partial charge in [-0.1, -0.05) is 6.07 Å². The number of likely N-dealkylation sites (tertiary alicyclic amines) is 1. The van der Waals surface area contributed by atoms with Gasteiger partial charge in [-0.25, -0.2) is 4.52 Å². The van der Waals surface area contributed by atoms with E-state index in [2.05, 4.69) is 10.4 Å². The minimum atomic E-state index is -0.146. The van der Waals surface area contributed by atoms with Crippen LogP contribution in [0.1, 0.15) is 32.9 Å². The fourth-order valence-electron chi connectivity index (χ4n) is 3.31. The first-order valence-corrected chi connectivity index (χ1v) is 9.14. The molecule has 0 saturated carbocycles. The lowest BCUT2D eigenvalue weighted by Gasteiger charge is -2.32. The molecule has 25 heavy (non-hydrogen) atoms. The molecule has 3 aromatic heterocycles. The van der Waals surface area contributed by atoms with Crippen molar-refractivity contribution in [3.8, 4) is 0 Å². The van der Waals surface area contributed by atoms with E-state index in [1.54, 1.807) is 10.7 Å². The number of aryl methyl sites for hydroxylation is 1. The Kier molecular flexibility index (Phi) is 4.04. The molecule has 0 spiro atoms. The van der Waals surface area contributed by atoms with Crippen molar-refractivity contribution in [2.45, 2.75) is 18.9 Å². The number of carbonyl (C=O) groups excluding carboxylic acids is 2. The Hall–Kier alpha value is -2.61. The summed E-state index contributed by atoms with van der Waals surface area (Å²) in [5, 5.41) is 9.17. The SMILES string of the molecule is Cn1ccn2ncc(C(=O)NC3CCCN(C(=O)c4cccs4)C3)c12. The number of aromatic nitrogens is 3. The number of fused-ring (bicyclic) bond motifs is 1. The number of imidazole rings is 1. The summed E-state index contributed by atoms with van der Waals surface area (Å²) in [6.45, 7) is 1.28. The Bertz CT molecular complexity index is 911. The maximum absolute atomic E-state index is 12.7. The Morgan fingerprint density at radius 2 is 2.24 bits per heavy atom. The molecule has 8 heteroatoms. The van der Waals surface area contributed by atoms with Crippen LogP contribution < -0.4 is 5.32 Å². The van der Waals surface area contributed by atoms with Crippen LogP contribution in [-0.2, 0) is 7.05 Å². The fourth-order valence-corrected chi connectivity index (χ4v) is 4.00. The van der Waals surface area contributed by atoms with Gasteiger partial charge in [-0.05, 0) is 24.3 Å². The zero-order valence-corrected chi connectivity index (χ0v) is 14.7. The summed E-state index contributed by atoms with van der Waals surface area (Å²) in [7, 11) is 1.88. The Morgan fingerprint density at radius 1 is 1.36 bits per heavy atom. The average Bonchev–Trinajstić information content (AvgIpc) is 3.33. The third-order valence-electron chi connectivity index (χ3n) is 4.56. The van der Waals surface area contributed by atoms with Crippen LogP contribution in [0.5, 0.6) is 0 Å². The number of thiophene rings is 1. The molecule has 130 valence electrons. The molecular weight excluding hydrogens is 338 g/mol. The monoisotopic (exact) mass is 357 g/mol. The molecule has 1 atom stereocenters. The Labute approximate surface area is 148 Å². The molecule has 4 heterocycles. The van der Waals surface area contributed by atoms with Crippen molar-refractivity contribution in [3.63, 3.8) is 0 Å². The summed E-state index contributed by atoms with van der Waals surface area (Å²) >= 11 is 1.45. The van der Waals surface area contributed by atoms with E-state index in [1.807, 2.05) is 46.4 Å². The molecule has 1 aliphatic rings. The van der Waals surface area contributed by atoms with Crippen LogP contribution in [0.3, 0.4) is 0 Å². The number of nitrogens with zero attached hydrogens (tertiary/aromatic N) is 4. The van der Waals surface area contributed by atoms with Crippen molar-refractivity contribution in [2.75, 3.05) is 13.1 Å². The highest BCUT2D eigenvalue weighted by molar-refractivity contribution is 7.12. The summed E-state index contributed by atoms with van der Waals surface area (Å²) in [6.07, 6.45) is 7.02. The third-order valence-corrected chi connectivity index (χ3v) is 5.41. The quantitative estimate of drug-likeness (QED) is 0.776. The van der Waals surface area contributed by atoms with Crippen molar-refractivity contribution in [1.29, 1.82) is 0 Å². The summed E-state index contributed by atoms with van der Waals surface area (Å²) in [4.78, 5) is 27.8. The fraction of sp³-hybridized carbons (Fsp3) is 0.353. The molecule has 3 aromatic rings. The van der Waals surface area contributed by atoms with E-state index in [4.69, 9.17) is 0 Å². The van der Waals surface area contributed by atoms with E-state index in [-0.39, 0.29) is 17.9 Å². The van der Waals surface area contributed by atoms with Crippen LogP contribution >= 0.6 is 11.3 Å². The van der Waals surface area contributed by atoms with Crippen LogP contribution in [-0.4, -0.2) is 50.0 Å². The second-order valence-electron chi connectivity index (χ2n) is 6.28. The van der Waals surface area contributed by atoms with Crippen LogP contribution in [0.2, 0.25) is 0 Å². The predicted octanol–water partition coefficient (Wildman–Crippen LogP) is 1.77. The molecule has 1 aliphatic heterocycles. The van der Waals surface area contributed by atoms with E-state index in [1.165, 1.54) is 11.3 Å². The van der Waals surface area contributed by atoms with Crippen molar-refractivity contribution in [1.82, 2.24) is 24.4 Å². The van der Waals surface area contributed by atoms with Gasteiger partial charge in [-0.3, -0.25) is 9.59 Å². The number of hydrogen-bond acceptors (Lipinski definition) is 4. The molecule has 2 amide bonds. The number of carbonyl (C=O) groups is 2. The van der Waals surface area contributed by atoms with E-state index in [0.717, 1.165) is 29.9 Å². The zero-order chi connectivity index (χ0) is 17.4. The van der Waals surface area contributed by atoms with Gasteiger partial charge < -0.3 is 14.8 Å². The maximum Gasteiger partial charge on any atom is 0.263 e. The summed E-state index contributed by atoms with van der Waals surface area (Å²) < 4.78 is 3.55. The summed E-state index contributed by atoms with van der Waals surface area (Å²) in [5.74, 6) is -0.100. The second-order valence-corrected chi connectivity index (χ2v) is 7.22. The Balaban J connectivity index is 1.46. The summed E-state index contributed by atoms with van der Waals surface area (Å²) in [5.41, 5.74) is 1.31. The Morgan fingerprint density at radius 3 is 3.04 bits per heavy atom. The van der Waals surface area contributed by atoms with Gasteiger partial charge >= 0.3 is 0 Å². The first-order chi connectivity index (χ1) is 12.1. The van der Waals surface area contributed by atoms with Crippen molar-refractivity contribution < 1.29 is 9.59 Å². The number of piperidine rings is 1. The molecule has 1 fully saturated rings. The molecule has 0 aliphatic carbocycles. The summed E-state index contributed by atoms with van der Waals surface area (Å²) in [6, 6.07) is 3.68. The van der Waals surface area contributed by atoms with E-state index < -0.39 is 0 Å². The van der Waals surface area contributed by atoms with Gasteiger partial charge in [0, 0.05) is 38.6 Å². The van der Waals surface area contributed by atoms with Gasteiger partial charge in [0.15, 0.2) is 0 Å². The molecule has 4 rings (SSSR count). The van der Waals surface area contributed by atoms with E-state index in [0.29, 0.717) is 12.1 Å². The standard InChI is InChI=1S/C17H19N5O2S/c1-20-7-8-22-16(20)13(10-18-22)15(23)19-12-4-2-6-21(11-12)17(24)14-5-3-9-25-14/h3,5,7-10,12H,2,4,6,11H2,1H3,(H,19,23). The number of amides is 2. The van der Waals surface area contributed by atoms with Crippen molar-refractivity contribution in [3.05, 3.63) is 46.5 Å². The lowest BCUT2D eigenvalue weighted by Crippen LogP contribution is -2.49. The lowest BCUT2D eigenvalue weighted by molar-refractivity contribution is 0.0680. The molecule has 7 nitrogen and oxygen atoms in total. The minimum Gasteiger partial charge on any atom is -0.347 e. The highest BCUT2D eigenvalue weighted by Crippen LogP contribution is 2.18. The normalized spacial score (nSPS) is 17.8. The maximum atomic E-state index is 12.7. The number of hydrogen-bond donors (Lipinski definition) is 1. The van der Waals surface area contributed by atoms with Gasteiger partial charge in [0.25, 0.3) is 11.8 Å². The van der Waals surface area contributed by atoms with Crippen LogP contribution in [0.25, 0.3) is 5.65 Å². The molecule has 0 radical (unpaired) electrons. The first-order valence-electron chi connectivity index (χ1n) is 8.26. The first kappa shape index (κ1) is 15.9. The zero-order valence-electron chi connectivity index (χ0n) is 13.9. The topological polar surface area (TPSA) is 71.6 Å². The van der Waals surface area contributed by atoms with Gasteiger partial charge in [0.1, 0.15) is 11.2 Å².